The summed E-state index contributed by atoms with van der Waals surface area (Å²) in [6.07, 6.45) is 12.6. The highest BCUT2D eigenvalue weighted by Gasteiger charge is 2.36. The molecular weight excluding hydrogens is 716 g/mol. The van der Waals surface area contributed by atoms with E-state index in [2.05, 4.69) is 85.3 Å². The highest BCUT2D eigenvalue weighted by Crippen LogP contribution is 2.36. The molecular formula is C31H45I2N3O3. The smallest absolute Gasteiger partial charge is 0.325 e. The van der Waals surface area contributed by atoms with E-state index in [1.165, 1.54) is 33.3 Å². The first-order valence-electron chi connectivity index (χ1n) is 14.3. The van der Waals surface area contributed by atoms with Crippen molar-refractivity contribution in [3.63, 3.8) is 0 Å². The summed E-state index contributed by atoms with van der Waals surface area (Å²) in [5.41, 5.74) is 5.78. The van der Waals surface area contributed by atoms with Gasteiger partial charge < -0.3 is 13.0 Å². The largest absolute Gasteiger partial charge is 0.496 e. The molecule has 3 rings (SSSR count). The van der Waals surface area contributed by atoms with Crippen LogP contribution in [0.2, 0.25) is 0 Å². The molecule has 0 amide bonds. The van der Waals surface area contributed by atoms with Crippen LogP contribution in [-0.2, 0) is 16.0 Å². The monoisotopic (exact) mass is 761 g/mol. The van der Waals surface area contributed by atoms with Crippen molar-refractivity contribution in [1.82, 2.24) is 13.0 Å². The standard InChI is InChI=1S/C31H45I2N3O3/c1-6-27-25(13-9-16-34-27)29(31(37)38)35-18-15-24(20-35)22(4)11-7-8-12-23(21(2)3)19-28(39-5)26-14-10-17-36(33)30(26)32/h9,13,16,19,22,24,29H,6-8,10-12,14-15,17-18,20H2,1-5H3,(H,37,38)/b28-19+. The molecule has 216 valence electrons. The summed E-state index contributed by atoms with van der Waals surface area (Å²) < 4.78 is 9.44. The van der Waals surface area contributed by atoms with Gasteiger partial charge in [-0.15, -0.1) is 0 Å². The number of carboxylic acid groups (broad SMARTS) is 1. The lowest BCUT2D eigenvalue weighted by atomic mass is 9.88. The average molecular weight is 762 g/mol. The quantitative estimate of drug-likeness (QED) is 0.0546. The number of carboxylic acids is 1. The van der Waals surface area contributed by atoms with E-state index >= 15 is 0 Å². The van der Waals surface area contributed by atoms with Crippen LogP contribution in [0.15, 0.2) is 50.6 Å². The molecule has 8 heteroatoms. The van der Waals surface area contributed by atoms with Gasteiger partial charge in [-0.05, 0) is 111 Å². The lowest BCUT2D eigenvalue weighted by molar-refractivity contribution is -0.143. The summed E-state index contributed by atoms with van der Waals surface area (Å²) in [7, 11) is 1.79. The second-order valence-electron chi connectivity index (χ2n) is 11.1. The van der Waals surface area contributed by atoms with E-state index in [1.54, 1.807) is 13.3 Å². The first-order chi connectivity index (χ1) is 18.7. The van der Waals surface area contributed by atoms with Gasteiger partial charge in [-0.1, -0.05) is 38.3 Å². The van der Waals surface area contributed by atoms with Gasteiger partial charge in [0.1, 0.15) is 11.8 Å². The van der Waals surface area contributed by atoms with Crippen molar-refractivity contribution in [3.8, 4) is 0 Å². The number of ether oxygens (including phenoxy) is 1. The predicted molar refractivity (Wildman–Crippen MR) is 176 cm³/mol. The molecule has 0 saturated carbocycles. The summed E-state index contributed by atoms with van der Waals surface area (Å²) in [5, 5.41) is 10.1. The van der Waals surface area contributed by atoms with Crippen LogP contribution in [0.4, 0.5) is 0 Å². The van der Waals surface area contributed by atoms with Gasteiger partial charge in [-0.2, -0.15) is 0 Å². The van der Waals surface area contributed by atoms with Gasteiger partial charge in [0.05, 0.1) is 33.7 Å². The number of halogens is 2. The highest BCUT2D eigenvalue weighted by atomic mass is 127. The van der Waals surface area contributed by atoms with Crippen molar-refractivity contribution in [2.24, 2.45) is 11.8 Å². The lowest BCUT2D eigenvalue weighted by Gasteiger charge is -2.27. The molecule has 1 aromatic rings. The molecule has 0 aromatic carbocycles. The fraction of sp³-hybridized carbons (Fsp3) is 0.613. The Morgan fingerprint density at radius 3 is 2.74 bits per heavy atom. The molecule has 39 heavy (non-hydrogen) atoms. The van der Waals surface area contributed by atoms with Crippen LogP contribution in [0.1, 0.15) is 89.9 Å². The number of hydrogen-bond donors (Lipinski definition) is 1. The Bertz CT molecular complexity index is 1080. The molecule has 2 aliphatic rings. The maximum atomic E-state index is 12.3. The van der Waals surface area contributed by atoms with Crippen molar-refractivity contribution < 1.29 is 14.6 Å². The summed E-state index contributed by atoms with van der Waals surface area (Å²) in [6, 6.07) is 3.20. The number of rotatable bonds is 13. The van der Waals surface area contributed by atoms with Gasteiger partial charge in [-0.3, -0.25) is 14.7 Å². The van der Waals surface area contributed by atoms with E-state index in [9.17, 15) is 9.90 Å². The highest BCUT2D eigenvalue weighted by molar-refractivity contribution is 14.1. The Morgan fingerprint density at radius 2 is 2.08 bits per heavy atom. The van der Waals surface area contributed by atoms with Gasteiger partial charge in [0.2, 0.25) is 0 Å². The number of aliphatic carboxylic acids is 1. The number of allylic oxidation sites excluding steroid dienone is 4. The van der Waals surface area contributed by atoms with Gasteiger partial charge >= 0.3 is 5.97 Å². The molecule has 1 saturated heterocycles. The number of likely N-dealkylation sites (tertiary alicyclic amines) is 1. The lowest BCUT2D eigenvalue weighted by Crippen LogP contribution is -2.33. The first kappa shape index (κ1) is 32.4. The molecule has 1 fully saturated rings. The van der Waals surface area contributed by atoms with Crippen molar-refractivity contribution in [1.29, 1.82) is 0 Å². The van der Waals surface area contributed by atoms with Gasteiger partial charge in [0.15, 0.2) is 0 Å². The summed E-state index contributed by atoms with van der Waals surface area (Å²) in [5.74, 6) is 1.35. The number of pyridine rings is 1. The Labute approximate surface area is 263 Å². The molecule has 3 unspecified atom stereocenters. The van der Waals surface area contributed by atoms with E-state index in [1.807, 2.05) is 19.1 Å². The Morgan fingerprint density at radius 1 is 1.31 bits per heavy atom. The first-order valence-corrected chi connectivity index (χ1v) is 16.4. The van der Waals surface area contributed by atoms with Crippen molar-refractivity contribution >= 4 is 51.4 Å². The molecule has 6 nitrogen and oxygen atoms in total. The molecule has 2 aliphatic heterocycles. The number of unbranched alkanes of at least 4 members (excludes halogenated alkanes) is 1. The van der Waals surface area contributed by atoms with Crippen LogP contribution in [0.3, 0.4) is 0 Å². The van der Waals surface area contributed by atoms with E-state index < -0.39 is 12.0 Å². The molecule has 0 radical (unpaired) electrons. The minimum Gasteiger partial charge on any atom is -0.496 e. The van der Waals surface area contributed by atoms with Crippen molar-refractivity contribution in [2.75, 3.05) is 26.7 Å². The van der Waals surface area contributed by atoms with E-state index in [0.717, 1.165) is 75.2 Å². The Balaban J connectivity index is 1.56. The fourth-order valence-electron chi connectivity index (χ4n) is 5.87. The molecule has 0 bridgehead atoms. The van der Waals surface area contributed by atoms with Gasteiger partial charge in [-0.25, -0.2) is 0 Å². The van der Waals surface area contributed by atoms with Crippen LogP contribution in [0, 0.1) is 11.8 Å². The number of methoxy groups -OCH3 is 1. The number of hydrogen-bond acceptors (Lipinski definition) is 5. The van der Waals surface area contributed by atoms with Crippen molar-refractivity contribution in [2.45, 2.75) is 85.1 Å². The topological polar surface area (TPSA) is 65.9 Å². The third-order valence-electron chi connectivity index (χ3n) is 8.28. The normalized spacial score (nSPS) is 20.2. The fourth-order valence-corrected chi connectivity index (χ4v) is 7.28. The third-order valence-corrected chi connectivity index (χ3v) is 11.4. The van der Waals surface area contributed by atoms with Crippen LogP contribution in [0.5, 0.6) is 0 Å². The summed E-state index contributed by atoms with van der Waals surface area (Å²) >= 11 is 4.84. The number of aryl methyl sites for hydroxylation is 1. The van der Waals surface area contributed by atoms with Gasteiger partial charge in [0, 0.05) is 36.1 Å². The predicted octanol–water partition coefficient (Wildman–Crippen LogP) is 8.25. The minimum atomic E-state index is -0.770. The minimum absolute atomic E-state index is 0.535. The number of carbonyl (C=O) groups is 1. The zero-order valence-corrected chi connectivity index (χ0v) is 28.5. The second-order valence-corrected chi connectivity index (χ2v) is 13.3. The molecule has 0 spiro atoms. The van der Waals surface area contributed by atoms with Gasteiger partial charge in [0.25, 0.3) is 0 Å². The molecule has 3 heterocycles. The maximum absolute atomic E-state index is 12.3. The van der Waals surface area contributed by atoms with Crippen LogP contribution in [0.25, 0.3) is 0 Å². The van der Waals surface area contributed by atoms with E-state index in [0.29, 0.717) is 11.8 Å². The molecule has 1 aromatic heterocycles. The SMILES string of the molecule is CCc1ncccc1C(C(=O)O)N1CCC(C(C)CCCCC(/C=C(/OC)C2=C(I)N(I)CCC2)=C(C)C)C1. The number of aromatic nitrogens is 1. The molecule has 1 N–H and O–H groups in total. The summed E-state index contributed by atoms with van der Waals surface area (Å²) in [6.45, 7) is 11.6. The van der Waals surface area contributed by atoms with Crippen LogP contribution < -0.4 is 0 Å². The van der Waals surface area contributed by atoms with Crippen LogP contribution in [-0.4, -0.2) is 50.8 Å². The second kappa shape index (κ2) is 15.7. The summed E-state index contributed by atoms with van der Waals surface area (Å²) in [4.78, 5) is 18.9. The maximum Gasteiger partial charge on any atom is 0.325 e. The molecule has 0 aliphatic carbocycles. The Kier molecular flexibility index (Phi) is 13.1. The average Bonchev–Trinajstić information content (AvgIpc) is 3.40. The van der Waals surface area contributed by atoms with E-state index in [-0.39, 0.29) is 0 Å². The zero-order chi connectivity index (χ0) is 28.5. The van der Waals surface area contributed by atoms with E-state index in [4.69, 9.17) is 4.74 Å². The Hall–Kier alpha value is -1.14. The number of nitrogens with zero attached hydrogens (tertiary/aromatic N) is 3. The third kappa shape index (κ3) is 8.67. The van der Waals surface area contributed by atoms with Crippen molar-refractivity contribution in [3.05, 3.63) is 61.8 Å². The zero-order valence-electron chi connectivity index (χ0n) is 24.2. The molecule has 3 atom stereocenters. The van der Waals surface area contributed by atoms with Crippen LogP contribution >= 0.6 is 45.5 Å².